The number of carbonyl (C=O) groups is 1. The molecule has 1 fully saturated rings. The highest BCUT2D eigenvalue weighted by Gasteiger charge is 2.45. The first-order chi connectivity index (χ1) is 8.25. The van der Waals surface area contributed by atoms with Crippen LogP contribution in [0, 0.1) is 5.41 Å². The molecule has 1 N–H and O–H groups in total. The van der Waals surface area contributed by atoms with Crippen molar-refractivity contribution in [1.29, 1.82) is 0 Å². The van der Waals surface area contributed by atoms with E-state index in [-0.39, 0.29) is 32.4 Å². The lowest BCUT2D eigenvalue weighted by Gasteiger charge is -2.38. The van der Waals surface area contributed by atoms with Crippen molar-refractivity contribution in [2.75, 3.05) is 26.6 Å². The summed E-state index contributed by atoms with van der Waals surface area (Å²) in [7, 11) is 0. The zero-order valence-electron chi connectivity index (χ0n) is 9.14. The molecule has 1 aromatic carbocycles. The highest BCUT2D eigenvalue weighted by atomic mass is 16.7. The number of ketones is 1. The molecular formula is C12H12O5. The summed E-state index contributed by atoms with van der Waals surface area (Å²) in [5.74, 6) is 1.11. The van der Waals surface area contributed by atoms with Crippen molar-refractivity contribution in [3.63, 3.8) is 0 Å². The molecule has 2 aliphatic rings. The first-order valence-corrected chi connectivity index (χ1v) is 5.38. The van der Waals surface area contributed by atoms with Gasteiger partial charge >= 0.3 is 0 Å². The van der Waals surface area contributed by atoms with E-state index in [9.17, 15) is 9.90 Å². The number of aliphatic hydroxyl groups is 1. The smallest absolute Gasteiger partial charge is 0.231 e. The first-order valence-electron chi connectivity index (χ1n) is 5.38. The van der Waals surface area contributed by atoms with E-state index in [2.05, 4.69) is 0 Å². The summed E-state index contributed by atoms with van der Waals surface area (Å²) in [6, 6.07) is 5.05. The Kier molecular flexibility index (Phi) is 2.31. The number of benzene rings is 1. The van der Waals surface area contributed by atoms with Crippen LogP contribution in [0.4, 0.5) is 0 Å². The summed E-state index contributed by atoms with van der Waals surface area (Å²) in [5, 5.41) is 9.30. The minimum Gasteiger partial charge on any atom is -0.454 e. The Labute approximate surface area is 97.9 Å². The van der Waals surface area contributed by atoms with E-state index in [1.54, 1.807) is 18.2 Å². The molecule has 0 unspecified atom stereocenters. The molecule has 1 saturated heterocycles. The number of rotatable bonds is 3. The number of fused-ring (bicyclic) bond motifs is 1. The van der Waals surface area contributed by atoms with E-state index in [1.807, 2.05) is 0 Å². The molecule has 0 bridgehead atoms. The molecule has 1 aromatic rings. The van der Waals surface area contributed by atoms with Crippen LogP contribution in [0.3, 0.4) is 0 Å². The van der Waals surface area contributed by atoms with Gasteiger partial charge in [0.2, 0.25) is 6.79 Å². The van der Waals surface area contributed by atoms with E-state index in [0.29, 0.717) is 17.1 Å². The quantitative estimate of drug-likeness (QED) is 0.779. The molecule has 2 heterocycles. The maximum atomic E-state index is 12.2. The van der Waals surface area contributed by atoms with Crippen LogP contribution >= 0.6 is 0 Å². The average Bonchev–Trinajstić information content (AvgIpc) is 2.74. The number of hydrogen-bond acceptors (Lipinski definition) is 5. The minimum absolute atomic E-state index is 0.107. The molecule has 17 heavy (non-hydrogen) atoms. The van der Waals surface area contributed by atoms with Crippen LogP contribution in [0.15, 0.2) is 18.2 Å². The SMILES string of the molecule is O=C(c1ccc2c(c1)OCO2)C1(CO)COC1. The standard InChI is InChI=1S/C12H12O5/c13-4-12(5-15-6-12)11(14)8-1-2-9-10(3-8)17-7-16-9/h1-3,13H,4-7H2. The fourth-order valence-electron chi connectivity index (χ4n) is 1.99. The fraction of sp³-hybridized carbons (Fsp3) is 0.417. The topological polar surface area (TPSA) is 65.0 Å². The molecule has 0 aromatic heterocycles. The molecule has 0 saturated carbocycles. The Morgan fingerprint density at radius 3 is 2.71 bits per heavy atom. The molecule has 90 valence electrons. The second kappa shape index (κ2) is 3.72. The van der Waals surface area contributed by atoms with Gasteiger partial charge in [-0.1, -0.05) is 0 Å². The zero-order chi connectivity index (χ0) is 11.9. The van der Waals surface area contributed by atoms with Crippen molar-refractivity contribution in [3.05, 3.63) is 23.8 Å². The van der Waals surface area contributed by atoms with Crippen LogP contribution in [0.1, 0.15) is 10.4 Å². The van der Waals surface area contributed by atoms with Gasteiger partial charge in [-0.25, -0.2) is 0 Å². The van der Waals surface area contributed by atoms with Crippen molar-refractivity contribution >= 4 is 5.78 Å². The number of aliphatic hydroxyl groups excluding tert-OH is 1. The summed E-state index contributed by atoms with van der Waals surface area (Å²) < 4.78 is 15.4. The van der Waals surface area contributed by atoms with Crippen molar-refractivity contribution in [1.82, 2.24) is 0 Å². The molecule has 2 aliphatic heterocycles. The maximum Gasteiger partial charge on any atom is 0.231 e. The second-order valence-corrected chi connectivity index (χ2v) is 4.33. The van der Waals surface area contributed by atoms with E-state index in [1.165, 1.54) is 0 Å². The van der Waals surface area contributed by atoms with E-state index >= 15 is 0 Å². The van der Waals surface area contributed by atoms with Gasteiger partial charge in [-0.3, -0.25) is 4.79 Å². The van der Waals surface area contributed by atoms with Gasteiger partial charge in [-0.05, 0) is 18.2 Å². The maximum absolute atomic E-state index is 12.2. The predicted octanol–water partition coefficient (Wildman–Crippen LogP) is 0.607. The van der Waals surface area contributed by atoms with Crippen LogP contribution < -0.4 is 9.47 Å². The van der Waals surface area contributed by atoms with E-state index < -0.39 is 5.41 Å². The summed E-state index contributed by atoms with van der Waals surface area (Å²) in [6.07, 6.45) is 0. The monoisotopic (exact) mass is 236 g/mol. The van der Waals surface area contributed by atoms with E-state index in [4.69, 9.17) is 14.2 Å². The lowest BCUT2D eigenvalue weighted by atomic mass is 9.79. The van der Waals surface area contributed by atoms with Gasteiger partial charge in [0, 0.05) is 5.56 Å². The van der Waals surface area contributed by atoms with Crippen molar-refractivity contribution < 1.29 is 24.1 Å². The molecular weight excluding hydrogens is 224 g/mol. The molecule has 3 rings (SSSR count). The largest absolute Gasteiger partial charge is 0.454 e. The van der Waals surface area contributed by atoms with Gasteiger partial charge in [-0.15, -0.1) is 0 Å². The van der Waals surface area contributed by atoms with Gasteiger partial charge in [0.25, 0.3) is 0 Å². The molecule has 0 amide bonds. The number of carbonyl (C=O) groups excluding carboxylic acids is 1. The van der Waals surface area contributed by atoms with Crippen LogP contribution in [0.2, 0.25) is 0 Å². The zero-order valence-corrected chi connectivity index (χ0v) is 9.14. The molecule has 0 aliphatic carbocycles. The van der Waals surface area contributed by atoms with Crippen LogP contribution in [-0.2, 0) is 4.74 Å². The summed E-state index contributed by atoms with van der Waals surface area (Å²) in [6.45, 7) is 0.537. The van der Waals surface area contributed by atoms with Gasteiger partial charge in [-0.2, -0.15) is 0 Å². The highest BCUT2D eigenvalue weighted by Crippen LogP contribution is 2.36. The first kappa shape index (κ1) is 10.6. The Morgan fingerprint density at radius 1 is 1.29 bits per heavy atom. The number of Topliss-reactive ketones (excluding diaryl/α,β-unsaturated/α-hetero) is 1. The third-order valence-corrected chi connectivity index (χ3v) is 3.18. The Morgan fingerprint density at radius 2 is 2.06 bits per heavy atom. The Balaban J connectivity index is 1.91. The van der Waals surface area contributed by atoms with Gasteiger partial charge in [0.1, 0.15) is 5.41 Å². The fourth-order valence-corrected chi connectivity index (χ4v) is 1.99. The van der Waals surface area contributed by atoms with Crippen LogP contribution in [-0.4, -0.2) is 37.5 Å². The highest BCUT2D eigenvalue weighted by molar-refractivity contribution is 6.01. The third-order valence-electron chi connectivity index (χ3n) is 3.18. The lowest BCUT2D eigenvalue weighted by Crippen LogP contribution is -2.51. The minimum atomic E-state index is -0.770. The average molecular weight is 236 g/mol. The van der Waals surface area contributed by atoms with Gasteiger partial charge in [0.05, 0.1) is 19.8 Å². The number of ether oxygens (including phenoxy) is 3. The summed E-state index contributed by atoms with van der Waals surface area (Å²) >= 11 is 0. The van der Waals surface area contributed by atoms with Gasteiger partial charge < -0.3 is 19.3 Å². The van der Waals surface area contributed by atoms with Gasteiger partial charge in [0.15, 0.2) is 17.3 Å². The number of hydrogen-bond donors (Lipinski definition) is 1. The molecule has 5 heteroatoms. The lowest BCUT2D eigenvalue weighted by molar-refractivity contribution is -0.109. The Bertz CT molecular complexity index is 458. The van der Waals surface area contributed by atoms with Crippen molar-refractivity contribution in [3.8, 4) is 11.5 Å². The van der Waals surface area contributed by atoms with Crippen LogP contribution in [0.25, 0.3) is 0 Å². The van der Waals surface area contributed by atoms with Crippen LogP contribution in [0.5, 0.6) is 11.5 Å². The second-order valence-electron chi connectivity index (χ2n) is 4.33. The molecule has 5 nitrogen and oxygen atoms in total. The summed E-state index contributed by atoms with van der Waals surface area (Å²) in [4.78, 5) is 12.2. The Hall–Kier alpha value is -1.59. The van der Waals surface area contributed by atoms with Crippen molar-refractivity contribution in [2.45, 2.75) is 0 Å². The molecule has 0 atom stereocenters. The molecule has 0 radical (unpaired) electrons. The molecule has 0 spiro atoms. The normalized spacial score (nSPS) is 19.8. The predicted molar refractivity (Wildman–Crippen MR) is 57.2 cm³/mol. The van der Waals surface area contributed by atoms with Crippen molar-refractivity contribution in [2.24, 2.45) is 5.41 Å². The van der Waals surface area contributed by atoms with E-state index in [0.717, 1.165) is 0 Å². The third kappa shape index (κ3) is 1.50. The summed E-state index contributed by atoms with van der Waals surface area (Å²) in [5.41, 5.74) is -0.250.